The second-order valence-corrected chi connectivity index (χ2v) is 5.14. The van der Waals surface area contributed by atoms with Gasteiger partial charge in [-0.15, -0.1) is 0 Å². The molecular formula is C15H12Cl2FNO. The molecule has 2 aromatic carbocycles. The maximum atomic E-state index is 13.6. The summed E-state index contributed by atoms with van der Waals surface area (Å²) < 4.78 is 13.6. The lowest BCUT2D eigenvalue weighted by molar-refractivity contribution is 0.0780. The number of benzene rings is 2. The quantitative estimate of drug-likeness (QED) is 0.822. The lowest BCUT2D eigenvalue weighted by Crippen LogP contribution is -2.27. The Kier molecular flexibility index (Phi) is 4.63. The van der Waals surface area contributed by atoms with Gasteiger partial charge in [0.25, 0.3) is 5.91 Å². The highest BCUT2D eigenvalue weighted by Crippen LogP contribution is 2.26. The largest absolute Gasteiger partial charge is 0.337 e. The zero-order valence-corrected chi connectivity index (χ0v) is 12.2. The van der Waals surface area contributed by atoms with Crippen LogP contribution in [0.25, 0.3) is 0 Å². The van der Waals surface area contributed by atoms with E-state index in [0.29, 0.717) is 15.6 Å². The molecule has 0 aromatic heterocycles. The third kappa shape index (κ3) is 3.11. The predicted molar refractivity (Wildman–Crippen MR) is 78.7 cm³/mol. The van der Waals surface area contributed by atoms with E-state index in [0.717, 1.165) is 0 Å². The van der Waals surface area contributed by atoms with Crippen LogP contribution >= 0.6 is 23.2 Å². The molecular weight excluding hydrogens is 300 g/mol. The van der Waals surface area contributed by atoms with Gasteiger partial charge in [0.05, 0.1) is 15.6 Å². The number of carbonyl (C=O) groups excluding carboxylic acids is 1. The first-order valence-electron chi connectivity index (χ1n) is 5.93. The molecule has 5 heteroatoms. The van der Waals surface area contributed by atoms with Gasteiger partial charge >= 0.3 is 0 Å². The predicted octanol–water partition coefficient (Wildman–Crippen LogP) is 4.40. The van der Waals surface area contributed by atoms with Gasteiger partial charge in [-0.3, -0.25) is 4.79 Å². The number of amides is 1. The fraction of sp³-hybridized carbons (Fsp3) is 0.133. The summed E-state index contributed by atoms with van der Waals surface area (Å²) in [6.45, 7) is 0.257. The molecule has 0 saturated carbocycles. The van der Waals surface area contributed by atoms with Crippen LogP contribution in [0.3, 0.4) is 0 Å². The van der Waals surface area contributed by atoms with Gasteiger partial charge < -0.3 is 4.90 Å². The molecule has 0 radical (unpaired) electrons. The lowest BCUT2D eigenvalue weighted by Gasteiger charge is -2.18. The third-order valence-corrected chi connectivity index (χ3v) is 3.75. The monoisotopic (exact) mass is 311 g/mol. The van der Waals surface area contributed by atoms with Crippen molar-refractivity contribution in [3.8, 4) is 0 Å². The normalized spacial score (nSPS) is 10.4. The molecule has 0 heterocycles. The molecule has 2 nitrogen and oxygen atoms in total. The molecule has 2 aromatic rings. The summed E-state index contributed by atoms with van der Waals surface area (Å²) in [5.74, 6) is -0.944. The van der Waals surface area contributed by atoms with Gasteiger partial charge in [0.2, 0.25) is 0 Å². The van der Waals surface area contributed by atoms with Gasteiger partial charge in [-0.2, -0.15) is 0 Å². The minimum atomic E-state index is -0.540. The minimum Gasteiger partial charge on any atom is -0.337 e. The minimum absolute atomic E-state index is 0.0353. The number of hydrogen-bond acceptors (Lipinski definition) is 1. The Labute approximate surface area is 126 Å². The Morgan fingerprint density at radius 2 is 1.85 bits per heavy atom. The molecule has 0 aliphatic heterocycles. The van der Waals surface area contributed by atoms with Gasteiger partial charge in [0, 0.05) is 13.6 Å². The third-order valence-electron chi connectivity index (χ3n) is 2.89. The average molecular weight is 312 g/mol. The Hall–Kier alpha value is -1.58. The maximum absolute atomic E-state index is 13.6. The first-order valence-corrected chi connectivity index (χ1v) is 6.69. The summed E-state index contributed by atoms with van der Waals surface area (Å²) in [6.07, 6.45) is 0. The van der Waals surface area contributed by atoms with E-state index >= 15 is 0 Å². The van der Waals surface area contributed by atoms with E-state index < -0.39 is 11.7 Å². The maximum Gasteiger partial charge on any atom is 0.256 e. The SMILES string of the molecule is CN(Cc1cccc(Cl)c1Cl)C(=O)c1ccccc1F. The fourth-order valence-corrected chi connectivity index (χ4v) is 2.22. The molecule has 20 heavy (non-hydrogen) atoms. The van der Waals surface area contributed by atoms with Gasteiger partial charge in [-0.1, -0.05) is 47.5 Å². The Morgan fingerprint density at radius 3 is 2.55 bits per heavy atom. The standard InChI is InChI=1S/C15H12Cl2FNO/c1-19(9-10-5-4-7-12(16)14(10)17)15(20)11-6-2-3-8-13(11)18/h2-8H,9H2,1H3. The van der Waals surface area contributed by atoms with Crippen LogP contribution in [-0.4, -0.2) is 17.9 Å². The zero-order chi connectivity index (χ0) is 14.7. The van der Waals surface area contributed by atoms with Gasteiger partial charge in [-0.25, -0.2) is 4.39 Å². The van der Waals surface area contributed by atoms with E-state index in [1.54, 1.807) is 37.4 Å². The van der Waals surface area contributed by atoms with Gasteiger partial charge in [0.15, 0.2) is 0 Å². The highest BCUT2D eigenvalue weighted by molar-refractivity contribution is 6.42. The van der Waals surface area contributed by atoms with Gasteiger partial charge in [-0.05, 0) is 23.8 Å². The van der Waals surface area contributed by atoms with Crippen LogP contribution in [0.15, 0.2) is 42.5 Å². The van der Waals surface area contributed by atoms with Crippen LogP contribution in [0.1, 0.15) is 15.9 Å². The molecule has 104 valence electrons. The number of hydrogen-bond donors (Lipinski definition) is 0. The number of rotatable bonds is 3. The Balaban J connectivity index is 2.20. The topological polar surface area (TPSA) is 20.3 Å². The van der Waals surface area contributed by atoms with Crippen molar-refractivity contribution in [2.24, 2.45) is 0 Å². The van der Waals surface area contributed by atoms with Crippen molar-refractivity contribution in [2.75, 3.05) is 7.05 Å². The second-order valence-electron chi connectivity index (χ2n) is 4.35. The number of halogens is 3. The summed E-state index contributed by atoms with van der Waals surface area (Å²) in [5.41, 5.74) is 0.750. The van der Waals surface area contributed by atoms with E-state index in [1.165, 1.54) is 17.0 Å². The molecule has 0 aliphatic carbocycles. The highest BCUT2D eigenvalue weighted by atomic mass is 35.5. The van der Waals surface area contributed by atoms with Gasteiger partial charge in [0.1, 0.15) is 5.82 Å². The summed E-state index contributed by atoms with van der Waals surface area (Å²) >= 11 is 12.0. The molecule has 0 N–H and O–H groups in total. The first-order chi connectivity index (χ1) is 9.50. The van der Waals surface area contributed by atoms with Crippen LogP contribution in [0.2, 0.25) is 10.0 Å². The van der Waals surface area contributed by atoms with E-state index in [1.807, 2.05) is 0 Å². The van der Waals surface area contributed by atoms with Crippen molar-refractivity contribution in [1.29, 1.82) is 0 Å². The molecule has 1 amide bonds. The number of nitrogens with zero attached hydrogens (tertiary/aromatic N) is 1. The Bertz CT molecular complexity index is 646. The van der Waals surface area contributed by atoms with Crippen LogP contribution in [0.4, 0.5) is 4.39 Å². The van der Waals surface area contributed by atoms with E-state index in [2.05, 4.69) is 0 Å². The smallest absolute Gasteiger partial charge is 0.256 e. The van der Waals surface area contributed by atoms with Crippen molar-refractivity contribution < 1.29 is 9.18 Å². The molecule has 0 atom stereocenters. The van der Waals surface area contributed by atoms with Crippen molar-refractivity contribution >= 4 is 29.1 Å². The Morgan fingerprint density at radius 1 is 1.15 bits per heavy atom. The average Bonchev–Trinajstić information content (AvgIpc) is 2.43. The highest BCUT2D eigenvalue weighted by Gasteiger charge is 2.17. The zero-order valence-electron chi connectivity index (χ0n) is 10.7. The molecule has 0 spiro atoms. The van der Waals surface area contributed by atoms with Crippen molar-refractivity contribution in [3.05, 3.63) is 69.5 Å². The van der Waals surface area contributed by atoms with Crippen LogP contribution in [0, 0.1) is 5.82 Å². The van der Waals surface area contributed by atoms with Crippen molar-refractivity contribution in [3.63, 3.8) is 0 Å². The van der Waals surface area contributed by atoms with E-state index in [-0.39, 0.29) is 12.1 Å². The van der Waals surface area contributed by atoms with Crippen LogP contribution < -0.4 is 0 Å². The van der Waals surface area contributed by atoms with Crippen LogP contribution in [-0.2, 0) is 6.54 Å². The molecule has 0 bridgehead atoms. The first kappa shape index (κ1) is 14.8. The molecule has 2 rings (SSSR count). The summed E-state index contributed by atoms with van der Waals surface area (Å²) in [6, 6.07) is 11.1. The molecule has 0 saturated heterocycles. The summed E-state index contributed by atoms with van der Waals surface area (Å²) in [7, 11) is 1.59. The summed E-state index contributed by atoms with van der Waals surface area (Å²) in [5, 5.41) is 0.832. The van der Waals surface area contributed by atoms with Crippen LogP contribution in [0.5, 0.6) is 0 Å². The van der Waals surface area contributed by atoms with E-state index in [4.69, 9.17) is 23.2 Å². The second kappa shape index (κ2) is 6.25. The summed E-state index contributed by atoms with van der Waals surface area (Å²) in [4.78, 5) is 13.6. The van der Waals surface area contributed by atoms with Crippen molar-refractivity contribution in [1.82, 2.24) is 4.90 Å². The molecule has 0 unspecified atom stereocenters. The lowest BCUT2D eigenvalue weighted by atomic mass is 10.1. The molecule has 0 fully saturated rings. The fourth-order valence-electron chi connectivity index (χ4n) is 1.84. The van der Waals surface area contributed by atoms with E-state index in [9.17, 15) is 9.18 Å². The molecule has 0 aliphatic rings. The number of carbonyl (C=O) groups is 1. The van der Waals surface area contributed by atoms with Crippen molar-refractivity contribution in [2.45, 2.75) is 6.54 Å².